The fraction of sp³-hybridized carbons (Fsp3) is 0.0455. The SMILES string of the molecule is O=C(Nc1cccc(NS(=O)(=O)c2cccc(Cl)c2)c1)c1cc2cc(C(F)(F)F)ccc2s1. The van der Waals surface area contributed by atoms with Crippen LogP contribution in [-0.4, -0.2) is 14.3 Å². The van der Waals surface area contributed by atoms with Crippen molar-refractivity contribution in [2.24, 2.45) is 0 Å². The summed E-state index contributed by atoms with van der Waals surface area (Å²) >= 11 is 6.91. The predicted molar refractivity (Wildman–Crippen MR) is 123 cm³/mol. The maximum absolute atomic E-state index is 12.9. The number of thiophene rings is 1. The molecule has 0 saturated heterocycles. The number of amides is 1. The monoisotopic (exact) mass is 510 g/mol. The van der Waals surface area contributed by atoms with E-state index in [2.05, 4.69) is 10.0 Å². The van der Waals surface area contributed by atoms with E-state index >= 15 is 0 Å². The molecule has 0 unspecified atom stereocenters. The fourth-order valence-electron chi connectivity index (χ4n) is 3.03. The van der Waals surface area contributed by atoms with Gasteiger partial charge in [0.15, 0.2) is 0 Å². The highest BCUT2D eigenvalue weighted by Crippen LogP contribution is 2.34. The summed E-state index contributed by atoms with van der Waals surface area (Å²) in [5, 5.41) is 3.21. The van der Waals surface area contributed by atoms with Crippen molar-refractivity contribution in [3.63, 3.8) is 0 Å². The van der Waals surface area contributed by atoms with Crippen LogP contribution in [0.1, 0.15) is 15.2 Å². The molecule has 0 aliphatic rings. The van der Waals surface area contributed by atoms with Crippen molar-refractivity contribution in [3.8, 4) is 0 Å². The maximum atomic E-state index is 12.9. The summed E-state index contributed by atoms with van der Waals surface area (Å²) in [6.07, 6.45) is -4.47. The summed E-state index contributed by atoms with van der Waals surface area (Å²) in [4.78, 5) is 12.8. The minimum Gasteiger partial charge on any atom is -0.321 e. The molecule has 3 aromatic carbocycles. The second-order valence-electron chi connectivity index (χ2n) is 6.96. The highest BCUT2D eigenvalue weighted by molar-refractivity contribution is 7.92. The molecule has 0 aliphatic carbocycles. The first-order chi connectivity index (χ1) is 15.5. The molecule has 33 heavy (non-hydrogen) atoms. The van der Waals surface area contributed by atoms with Gasteiger partial charge in [0.05, 0.1) is 21.0 Å². The summed E-state index contributed by atoms with van der Waals surface area (Å²) in [5.74, 6) is -0.528. The zero-order valence-electron chi connectivity index (χ0n) is 16.5. The Morgan fingerprint density at radius 1 is 0.909 bits per heavy atom. The van der Waals surface area contributed by atoms with Gasteiger partial charge in [-0.1, -0.05) is 23.7 Å². The molecule has 11 heteroatoms. The molecule has 0 spiro atoms. The second kappa shape index (κ2) is 8.69. The summed E-state index contributed by atoms with van der Waals surface area (Å²) in [5.41, 5.74) is -0.280. The zero-order chi connectivity index (χ0) is 23.8. The first kappa shape index (κ1) is 23.1. The van der Waals surface area contributed by atoms with Crippen LogP contribution in [0.2, 0.25) is 5.02 Å². The third-order valence-corrected chi connectivity index (χ3v) is 7.28. The van der Waals surface area contributed by atoms with Gasteiger partial charge in [-0.2, -0.15) is 13.2 Å². The van der Waals surface area contributed by atoms with E-state index in [1.165, 1.54) is 42.5 Å². The first-order valence-corrected chi connectivity index (χ1v) is 12.0. The molecule has 1 heterocycles. The maximum Gasteiger partial charge on any atom is 0.416 e. The highest BCUT2D eigenvalue weighted by Gasteiger charge is 2.30. The van der Waals surface area contributed by atoms with Crippen molar-refractivity contribution in [1.82, 2.24) is 0 Å². The fourth-order valence-corrected chi connectivity index (χ4v) is 5.32. The predicted octanol–water partition coefficient (Wildman–Crippen LogP) is 6.63. The Kier molecular flexibility index (Phi) is 6.08. The smallest absolute Gasteiger partial charge is 0.321 e. The van der Waals surface area contributed by atoms with E-state index in [1.807, 2.05) is 0 Å². The molecule has 1 aromatic heterocycles. The number of sulfonamides is 1. The number of halogens is 4. The van der Waals surface area contributed by atoms with Crippen LogP contribution >= 0.6 is 22.9 Å². The molecule has 2 N–H and O–H groups in total. The zero-order valence-corrected chi connectivity index (χ0v) is 18.9. The van der Waals surface area contributed by atoms with Crippen molar-refractivity contribution < 1.29 is 26.4 Å². The number of nitrogens with one attached hydrogen (secondary N) is 2. The number of hydrogen-bond donors (Lipinski definition) is 2. The van der Waals surface area contributed by atoms with Crippen molar-refractivity contribution >= 4 is 60.3 Å². The number of alkyl halides is 3. The Labute approximate surface area is 195 Å². The Bertz CT molecular complexity index is 1470. The topological polar surface area (TPSA) is 75.3 Å². The van der Waals surface area contributed by atoms with E-state index in [-0.39, 0.29) is 20.5 Å². The van der Waals surface area contributed by atoms with Gasteiger partial charge in [-0.05, 0) is 66.0 Å². The van der Waals surface area contributed by atoms with Crippen LogP contribution < -0.4 is 10.0 Å². The third-order valence-electron chi connectivity index (χ3n) is 4.55. The lowest BCUT2D eigenvalue weighted by Crippen LogP contribution is -2.14. The average molecular weight is 511 g/mol. The molecule has 5 nitrogen and oxygen atoms in total. The Morgan fingerprint density at radius 2 is 1.64 bits per heavy atom. The van der Waals surface area contributed by atoms with Crippen molar-refractivity contribution in [2.45, 2.75) is 11.1 Å². The van der Waals surface area contributed by atoms with E-state index in [9.17, 15) is 26.4 Å². The molecule has 0 radical (unpaired) electrons. The standard InChI is InChI=1S/C22H14ClF3N2O3S2/c23-15-3-1-6-18(11-15)33(30,31)28-17-5-2-4-16(12-17)27-21(29)20-10-13-9-14(22(24,25)26)7-8-19(13)32-20/h1-12,28H,(H,27,29). The van der Waals surface area contributed by atoms with Gasteiger partial charge in [-0.3, -0.25) is 9.52 Å². The van der Waals surface area contributed by atoms with Crippen LogP contribution in [0.25, 0.3) is 10.1 Å². The highest BCUT2D eigenvalue weighted by atomic mass is 35.5. The molecule has 0 aliphatic heterocycles. The molecule has 0 fully saturated rings. The minimum absolute atomic E-state index is 0.0204. The van der Waals surface area contributed by atoms with Crippen molar-refractivity contribution in [1.29, 1.82) is 0 Å². The van der Waals surface area contributed by atoms with Gasteiger partial charge in [-0.25, -0.2) is 8.42 Å². The molecule has 0 saturated carbocycles. The van der Waals surface area contributed by atoms with Crippen molar-refractivity contribution in [3.05, 3.63) is 88.3 Å². The van der Waals surface area contributed by atoms with E-state index in [0.29, 0.717) is 15.8 Å². The van der Waals surface area contributed by atoms with Gasteiger partial charge < -0.3 is 5.32 Å². The van der Waals surface area contributed by atoms with Crippen LogP contribution in [0.4, 0.5) is 24.5 Å². The average Bonchev–Trinajstić information content (AvgIpc) is 3.17. The second-order valence-corrected chi connectivity index (χ2v) is 10.2. The number of benzene rings is 3. The van der Waals surface area contributed by atoms with E-state index in [1.54, 1.807) is 18.2 Å². The molecular weight excluding hydrogens is 497 g/mol. The van der Waals surface area contributed by atoms with Crippen LogP contribution in [0.5, 0.6) is 0 Å². The third kappa shape index (κ3) is 5.29. The lowest BCUT2D eigenvalue weighted by molar-refractivity contribution is -0.137. The molecule has 0 atom stereocenters. The molecule has 0 bridgehead atoms. The van der Waals surface area contributed by atoms with E-state index < -0.39 is 27.7 Å². The summed E-state index contributed by atoms with van der Waals surface area (Å²) in [6.45, 7) is 0. The Hall–Kier alpha value is -3.08. The Morgan fingerprint density at radius 3 is 2.36 bits per heavy atom. The summed E-state index contributed by atoms with van der Waals surface area (Å²) in [7, 11) is -3.90. The van der Waals surface area contributed by atoms with Crippen LogP contribution in [0, 0.1) is 0 Å². The number of carbonyl (C=O) groups excluding carboxylic acids is 1. The van der Waals surface area contributed by atoms with Gasteiger partial charge in [-0.15, -0.1) is 11.3 Å². The minimum atomic E-state index is -4.47. The molecular formula is C22H14ClF3N2O3S2. The van der Waals surface area contributed by atoms with Crippen LogP contribution in [0.15, 0.2) is 77.7 Å². The quantitative estimate of drug-likeness (QED) is 0.316. The molecule has 4 rings (SSSR count). The van der Waals surface area contributed by atoms with Gasteiger partial charge in [0.2, 0.25) is 0 Å². The lowest BCUT2D eigenvalue weighted by Gasteiger charge is -2.10. The number of fused-ring (bicyclic) bond motifs is 1. The normalized spacial score (nSPS) is 12.0. The van der Waals surface area contributed by atoms with Crippen LogP contribution in [0.3, 0.4) is 0 Å². The molecule has 4 aromatic rings. The molecule has 1 amide bonds. The Balaban J connectivity index is 1.53. The largest absolute Gasteiger partial charge is 0.416 e. The van der Waals surface area contributed by atoms with Crippen molar-refractivity contribution in [2.75, 3.05) is 10.0 Å². The van der Waals surface area contributed by atoms with E-state index in [4.69, 9.17) is 11.6 Å². The lowest BCUT2D eigenvalue weighted by atomic mass is 10.1. The number of anilines is 2. The summed E-state index contributed by atoms with van der Waals surface area (Å²) in [6, 6.07) is 16.5. The first-order valence-electron chi connectivity index (χ1n) is 9.32. The van der Waals surface area contributed by atoms with Gasteiger partial charge >= 0.3 is 6.18 Å². The number of rotatable bonds is 5. The number of carbonyl (C=O) groups is 1. The molecule has 170 valence electrons. The van der Waals surface area contributed by atoms with Gasteiger partial charge in [0, 0.05) is 15.4 Å². The summed E-state index contributed by atoms with van der Waals surface area (Å²) < 4.78 is 66.9. The number of hydrogen-bond acceptors (Lipinski definition) is 4. The van der Waals surface area contributed by atoms with Gasteiger partial charge in [0.25, 0.3) is 15.9 Å². The van der Waals surface area contributed by atoms with E-state index in [0.717, 1.165) is 23.5 Å². The van der Waals surface area contributed by atoms with Crippen LogP contribution in [-0.2, 0) is 16.2 Å². The van der Waals surface area contributed by atoms with Gasteiger partial charge in [0.1, 0.15) is 0 Å².